The molecule has 0 aromatic heterocycles. The second-order valence-electron chi connectivity index (χ2n) is 5.18. The van der Waals surface area contributed by atoms with Gasteiger partial charge in [-0.3, -0.25) is 0 Å². The Morgan fingerprint density at radius 2 is 2.31 bits per heavy atom. The zero-order valence-electron chi connectivity index (χ0n) is 10.0. The van der Waals surface area contributed by atoms with Crippen LogP contribution < -0.4 is 4.74 Å². The Labute approximate surface area is 106 Å². The van der Waals surface area contributed by atoms with Crippen molar-refractivity contribution in [3.63, 3.8) is 0 Å². The van der Waals surface area contributed by atoms with Crippen LogP contribution in [0.4, 0.5) is 0 Å². The maximum absolute atomic E-state index is 5.26. The van der Waals surface area contributed by atoms with Crippen LogP contribution in [0.2, 0.25) is 0 Å². The summed E-state index contributed by atoms with van der Waals surface area (Å²) in [5.41, 5.74) is 1.85. The molecule has 2 atom stereocenters. The quantitative estimate of drug-likeness (QED) is 0.756. The zero-order valence-corrected chi connectivity index (χ0v) is 11.6. The number of hydrogen-bond acceptors (Lipinski definition) is 1. The van der Waals surface area contributed by atoms with Gasteiger partial charge in [0.1, 0.15) is 5.75 Å². The molecular weight excluding hydrogens is 264 g/mol. The van der Waals surface area contributed by atoms with Crippen molar-refractivity contribution in [1.29, 1.82) is 0 Å². The third kappa shape index (κ3) is 2.79. The fourth-order valence-electron chi connectivity index (χ4n) is 2.68. The molecule has 0 saturated heterocycles. The Kier molecular flexibility index (Phi) is 3.58. The third-order valence-electron chi connectivity index (χ3n) is 3.54. The van der Waals surface area contributed by atoms with Gasteiger partial charge >= 0.3 is 0 Å². The summed E-state index contributed by atoms with van der Waals surface area (Å²) in [5, 5.41) is 0. The van der Waals surface area contributed by atoms with E-state index in [1.165, 1.54) is 24.8 Å². The van der Waals surface area contributed by atoms with E-state index in [2.05, 4.69) is 41.1 Å². The fourth-order valence-corrected chi connectivity index (χ4v) is 3.69. The summed E-state index contributed by atoms with van der Waals surface area (Å²) in [4.78, 5) is 0.711. The summed E-state index contributed by atoms with van der Waals surface area (Å²) in [7, 11) is 1.73. The highest BCUT2D eigenvalue weighted by Crippen LogP contribution is 2.43. The fraction of sp³-hybridized carbons (Fsp3) is 0.571. The molecule has 2 heteroatoms. The van der Waals surface area contributed by atoms with Crippen LogP contribution in [0.5, 0.6) is 5.75 Å². The van der Waals surface area contributed by atoms with Crippen molar-refractivity contribution in [2.24, 2.45) is 5.41 Å². The highest BCUT2D eigenvalue weighted by molar-refractivity contribution is 9.09. The van der Waals surface area contributed by atoms with Gasteiger partial charge in [-0.15, -0.1) is 0 Å². The lowest BCUT2D eigenvalue weighted by atomic mass is 9.82. The van der Waals surface area contributed by atoms with Gasteiger partial charge in [-0.1, -0.05) is 35.0 Å². The molecule has 0 N–H and O–H groups in total. The smallest absolute Gasteiger partial charge is 0.119 e. The second-order valence-corrected chi connectivity index (χ2v) is 6.47. The van der Waals surface area contributed by atoms with Crippen molar-refractivity contribution in [2.45, 2.75) is 37.4 Å². The molecule has 1 aliphatic rings. The lowest BCUT2D eigenvalue weighted by Crippen LogP contribution is -2.15. The average molecular weight is 283 g/mol. The summed E-state index contributed by atoms with van der Waals surface area (Å²) in [6.07, 6.45) is 5.07. The summed E-state index contributed by atoms with van der Waals surface area (Å²) >= 11 is 3.73. The first-order valence-corrected chi connectivity index (χ1v) is 6.80. The predicted molar refractivity (Wildman–Crippen MR) is 71.4 cm³/mol. The van der Waals surface area contributed by atoms with Gasteiger partial charge < -0.3 is 4.74 Å². The van der Waals surface area contributed by atoms with E-state index in [1.807, 2.05) is 6.07 Å². The van der Waals surface area contributed by atoms with Crippen LogP contribution in [0.25, 0.3) is 0 Å². The van der Waals surface area contributed by atoms with Crippen molar-refractivity contribution in [2.75, 3.05) is 7.11 Å². The Morgan fingerprint density at radius 3 is 2.94 bits per heavy atom. The highest BCUT2D eigenvalue weighted by atomic mass is 79.9. The van der Waals surface area contributed by atoms with Gasteiger partial charge in [0.25, 0.3) is 0 Å². The summed E-state index contributed by atoms with van der Waals surface area (Å²) < 4.78 is 5.26. The molecule has 0 spiro atoms. The lowest BCUT2D eigenvalue weighted by Gasteiger charge is -2.23. The topological polar surface area (TPSA) is 9.23 Å². The van der Waals surface area contributed by atoms with E-state index in [9.17, 15) is 0 Å². The van der Waals surface area contributed by atoms with Crippen LogP contribution in [-0.4, -0.2) is 11.9 Å². The maximum Gasteiger partial charge on any atom is 0.119 e. The van der Waals surface area contributed by atoms with E-state index in [0.717, 1.165) is 12.2 Å². The molecular formula is C14H19BrO. The Bertz CT molecular complexity index is 364. The number of rotatable bonds is 3. The number of benzene rings is 1. The Hall–Kier alpha value is -0.500. The van der Waals surface area contributed by atoms with Crippen molar-refractivity contribution in [1.82, 2.24) is 0 Å². The molecule has 2 unspecified atom stereocenters. The first-order valence-electron chi connectivity index (χ1n) is 5.88. The van der Waals surface area contributed by atoms with Crippen LogP contribution in [0.3, 0.4) is 0 Å². The van der Waals surface area contributed by atoms with Crippen LogP contribution in [-0.2, 0) is 6.42 Å². The minimum absolute atomic E-state index is 0.459. The minimum Gasteiger partial charge on any atom is -0.497 e. The average Bonchev–Trinajstić information content (AvgIpc) is 2.58. The first kappa shape index (κ1) is 12.0. The number of alkyl halides is 1. The summed E-state index contributed by atoms with van der Waals surface area (Å²) in [5.74, 6) is 0.967. The van der Waals surface area contributed by atoms with Gasteiger partial charge in [0.05, 0.1) is 7.11 Å². The number of methoxy groups -OCH3 is 1. The van der Waals surface area contributed by atoms with Crippen LogP contribution in [0.15, 0.2) is 24.3 Å². The molecule has 1 nitrogen and oxygen atoms in total. The maximum atomic E-state index is 5.26. The van der Waals surface area contributed by atoms with E-state index in [4.69, 9.17) is 4.74 Å². The van der Waals surface area contributed by atoms with Crippen molar-refractivity contribution in [3.8, 4) is 5.75 Å². The van der Waals surface area contributed by atoms with Crippen molar-refractivity contribution in [3.05, 3.63) is 29.8 Å². The number of halogens is 1. The standard InChI is InChI=1S/C14H19BrO/c1-14(7-6-12(15)10-14)9-11-4-3-5-13(8-11)16-2/h3-5,8,12H,6-7,9-10H2,1-2H3. The van der Waals surface area contributed by atoms with E-state index >= 15 is 0 Å². The second kappa shape index (κ2) is 4.79. The first-order chi connectivity index (χ1) is 7.61. The largest absolute Gasteiger partial charge is 0.497 e. The highest BCUT2D eigenvalue weighted by Gasteiger charge is 2.33. The van der Waals surface area contributed by atoms with Crippen molar-refractivity contribution >= 4 is 15.9 Å². The van der Waals surface area contributed by atoms with Gasteiger partial charge in [0, 0.05) is 4.83 Å². The molecule has 0 heterocycles. The van der Waals surface area contributed by atoms with Gasteiger partial charge in [0.2, 0.25) is 0 Å². The van der Waals surface area contributed by atoms with E-state index in [0.29, 0.717) is 10.2 Å². The Morgan fingerprint density at radius 1 is 1.50 bits per heavy atom. The minimum atomic E-state index is 0.459. The summed E-state index contributed by atoms with van der Waals surface area (Å²) in [6, 6.07) is 8.45. The molecule has 1 fully saturated rings. The number of hydrogen-bond donors (Lipinski definition) is 0. The van der Waals surface area contributed by atoms with Gasteiger partial charge in [-0.2, -0.15) is 0 Å². The molecule has 0 aliphatic heterocycles. The molecule has 1 aromatic rings. The molecule has 0 radical (unpaired) electrons. The number of ether oxygens (including phenoxy) is 1. The monoisotopic (exact) mass is 282 g/mol. The molecule has 0 bridgehead atoms. The van der Waals surface area contributed by atoms with E-state index in [1.54, 1.807) is 7.11 Å². The zero-order chi connectivity index (χ0) is 11.6. The van der Waals surface area contributed by atoms with Crippen LogP contribution in [0, 0.1) is 5.41 Å². The molecule has 1 aromatic carbocycles. The van der Waals surface area contributed by atoms with Gasteiger partial charge in [-0.05, 0) is 48.8 Å². The van der Waals surface area contributed by atoms with E-state index in [-0.39, 0.29) is 0 Å². The molecule has 16 heavy (non-hydrogen) atoms. The van der Waals surface area contributed by atoms with Gasteiger partial charge in [0.15, 0.2) is 0 Å². The lowest BCUT2D eigenvalue weighted by molar-refractivity contribution is 0.335. The van der Waals surface area contributed by atoms with Crippen LogP contribution in [0.1, 0.15) is 31.7 Å². The predicted octanol–water partition coefficient (Wildman–Crippen LogP) is 4.19. The SMILES string of the molecule is COc1cccc(CC2(C)CCC(Br)C2)c1. The van der Waals surface area contributed by atoms with Gasteiger partial charge in [-0.25, -0.2) is 0 Å². The summed E-state index contributed by atoms with van der Waals surface area (Å²) in [6.45, 7) is 2.40. The molecule has 2 rings (SSSR count). The van der Waals surface area contributed by atoms with Crippen LogP contribution >= 0.6 is 15.9 Å². The molecule has 1 aliphatic carbocycles. The third-order valence-corrected chi connectivity index (χ3v) is 4.32. The Balaban J connectivity index is 2.08. The normalized spacial score (nSPS) is 29.3. The molecule has 1 saturated carbocycles. The molecule has 0 amide bonds. The van der Waals surface area contributed by atoms with Crippen molar-refractivity contribution < 1.29 is 4.74 Å². The van der Waals surface area contributed by atoms with E-state index < -0.39 is 0 Å². The molecule has 88 valence electrons.